The first-order valence-electron chi connectivity index (χ1n) is 45.1. The number of benzene rings is 13. The first-order valence-corrected chi connectivity index (χ1v) is 50.7. The number of alkyl halides is 2. The SMILES string of the molecule is C/C(=N\OC(=O)c1cc2ccccc2o1)C(=O)c1ccc(Sc2ccccc2)cc1.C/C(=N\OC(=O)c1ccccc1)C(=O)c1ccc(SCCl)cc1.CC(=O)/C(=N\OC(=O)c1ccccc1)C(=O)c1ccc(Sc2ccccc2)cc1.CCCCCC/C(=N\OC(=O)c1ccccc1)C(=O)c1cc(C)cc(C)c1SC.CF.COc1ccc(C(=O)O/N=C(/C(=O)c2c(C)cc(SC)cc2C)c2ccccc2)cc1.FF.FF. The van der Waals surface area contributed by atoms with E-state index in [2.05, 4.69) is 38.8 Å². The summed E-state index contributed by atoms with van der Waals surface area (Å²) in [6, 6.07) is 98.3. The fourth-order valence-corrected chi connectivity index (χ4v) is 17.2. The Morgan fingerprint density at radius 1 is 0.358 bits per heavy atom. The first-order chi connectivity index (χ1) is 71.7. The monoisotopic (exact) mass is 2120 g/mol. The van der Waals surface area contributed by atoms with Gasteiger partial charge >= 0.3 is 29.8 Å². The van der Waals surface area contributed by atoms with E-state index < -0.39 is 47.1 Å². The van der Waals surface area contributed by atoms with Crippen molar-refractivity contribution in [1.29, 1.82) is 0 Å². The standard InChI is InChI=1S/C25H23NO4S.C24H17NO4S.C24H29NO3S.C23H17NO4S.C17H14ClNO3S.CH3F.2F2/c1-16-14-21(31-4)15-17(2)22(16)24(27)23(18-8-6-5-7-9-18)26-30-25(28)19-10-12-20(29-3)13-11-19;1-16(25-29-24(27)22-15-18-7-5-6-10-21(18)28-22)23(26)17-11-13-20(14-12-17)30-19-8-3-2-4-9-19;1-5-6-7-11-14-21(25-28-24(27)19-12-9-8-10-13-19)22(26)20-16-17(2)15-18(3)23(20)29-4;1-16(25)21(24-28-23(27)18-8-4-2-5-9-18)22(26)17-12-14-20(15-13-17)29-19-10-6-3-7-11-19;1-12(19-22-17(21)14-5-3-2-4-6-14)16(20)13-7-9-15(10-8-13)23-11-18;3*1-2/h5-15H,1-4H3;2-15H,1H3;8-10,12-13,15-16H,5-7,11,14H2,1-4H3;2-15H,1H3;2-10H,11H2,1H3;1H3;;/b26-23+;25-16+;25-21+;24-21+;19-12+;;;. The highest BCUT2D eigenvalue weighted by Crippen LogP contribution is 2.33. The number of rotatable bonds is 36. The highest BCUT2D eigenvalue weighted by Gasteiger charge is 2.27. The summed E-state index contributed by atoms with van der Waals surface area (Å²) in [5.41, 5.74) is 8.81. The van der Waals surface area contributed by atoms with Crippen LogP contribution in [0.1, 0.15) is 191 Å². The van der Waals surface area contributed by atoms with Crippen LogP contribution in [0.4, 0.5) is 22.7 Å². The maximum absolute atomic E-state index is 13.5. The molecule has 0 spiro atoms. The molecule has 13 aromatic carbocycles. The number of fused-ring (bicyclic) bond motifs is 1. The van der Waals surface area contributed by atoms with Crippen LogP contribution >= 0.6 is 70.4 Å². The quantitative estimate of drug-likeness (QED) is 0.00405. The van der Waals surface area contributed by atoms with Crippen LogP contribution in [0.2, 0.25) is 0 Å². The smallest absolute Gasteiger partial charge is 0.400 e. The zero-order valence-corrected chi connectivity index (χ0v) is 87.2. The van der Waals surface area contributed by atoms with Crippen molar-refractivity contribution >= 4 is 174 Å². The van der Waals surface area contributed by atoms with Crippen molar-refractivity contribution in [3.63, 3.8) is 0 Å². The van der Waals surface area contributed by atoms with Crippen molar-refractivity contribution in [3.05, 3.63) is 417 Å². The van der Waals surface area contributed by atoms with Gasteiger partial charge in [0.25, 0.3) is 0 Å². The summed E-state index contributed by atoms with van der Waals surface area (Å²) >= 11 is 13.4. The molecule has 0 fully saturated rings. The molecule has 0 unspecified atom stereocenters. The largest absolute Gasteiger partial charge is 0.497 e. The Morgan fingerprint density at radius 2 is 0.743 bits per heavy atom. The Labute approximate surface area is 879 Å². The second-order valence-corrected chi connectivity index (χ2v) is 36.6. The second-order valence-electron chi connectivity index (χ2n) is 31.0. The fourth-order valence-electron chi connectivity index (χ4n) is 13.4. The van der Waals surface area contributed by atoms with Gasteiger partial charge in [-0.05, 0) is 272 Å². The van der Waals surface area contributed by atoms with Gasteiger partial charge in [-0.3, -0.25) is 33.2 Å². The van der Waals surface area contributed by atoms with Crippen molar-refractivity contribution in [1.82, 2.24) is 0 Å². The lowest BCUT2D eigenvalue weighted by atomic mass is 9.94. The predicted molar refractivity (Wildman–Crippen MR) is 575 cm³/mol. The number of thioether (sulfide) groups is 3. The average Bonchev–Trinajstić information content (AvgIpc) is 1.03. The number of halogens is 6. The highest BCUT2D eigenvalue weighted by molar-refractivity contribution is 8.00. The van der Waals surface area contributed by atoms with E-state index in [0.29, 0.717) is 80.4 Å². The molecule has 14 rings (SSSR count). The Bertz CT molecular complexity index is 6870. The summed E-state index contributed by atoms with van der Waals surface area (Å²) in [5, 5.41) is 20.1. The molecule has 0 aliphatic carbocycles. The minimum Gasteiger partial charge on any atom is -0.497 e. The number of aryl methyl sites for hydroxylation is 4. The summed E-state index contributed by atoms with van der Waals surface area (Å²) in [7, 11) is 2.05. The normalized spacial score (nSPS) is 10.9. The van der Waals surface area contributed by atoms with Crippen LogP contribution in [0.3, 0.4) is 0 Å². The van der Waals surface area contributed by atoms with Crippen molar-refractivity contribution in [2.75, 3.05) is 32.0 Å². The Morgan fingerprint density at radius 3 is 1.17 bits per heavy atom. The van der Waals surface area contributed by atoms with E-state index >= 15 is 0 Å². The molecule has 0 saturated heterocycles. The van der Waals surface area contributed by atoms with Gasteiger partial charge in [0.15, 0.2) is 17.2 Å². The van der Waals surface area contributed by atoms with E-state index in [0.717, 1.165) is 87.6 Å². The van der Waals surface area contributed by atoms with Crippen LogP contribution < -0.4 is 4.74 Å². The van der Waals surface area contributed by atoms with Crippen molar-refractivity contribution in [2.24, 2.45) is 25.8 Å². The zero-order chi connectivity index (χ0) is 108. The lowest BCUT2D eigenvalue weighted by Gasteiger charge is -2.12. The molecule has 0 atom stereocenters. The van der Waals surface area contributed by atoms with Crippen molar-refractivity contribution < 1.29 is 109 Å². The van der Waals surface area contributed by atoms with Crippen molar-refractivity contribution in [3.8, 4) is 5.75 Å². The highest BCUT2D eigenvalue weighted by atomic mass is 35.5. The van der Waals surface area contributed by atoms with Crippen molar-refractivity contribution in [2.45, 2.75) is 122 Å². The Kier molecular flexibility index (Phi) is 52.6. The molecule has 0 radical (unpaired) electrons. The molecule has 1 heterocycles. The molecule has 23 nitrogen and oxygen atoms in total. The minimum absolute atomic E-state index is 0.0301. The van der Waals surface area contributed by atoms with Crippen LogP contribution in [-0.4, -0.2) is 125 Å². The van der Waals surface area contributed by atoms with E-state index in [9.17, 15) is 57.1 Å². The summed E-state index contributed by atoms with van der Waals surface area (Å²) in [6.07, 6.45) is 8.50. The van der Waals surface area contributed by atoms with E-state index in [4.69, 9.17) is 63.2 Å². The number of furan rings is 1. The molecule has 0 saturated carbocycles. The number of Topliss-reactive ketones (excluding diaryl/α,β-unsaturated/α-hetero) is 6. The van der Waals surface area contributed by atoms with Crippen LogP contribution in [0.15, 0.2) is 398 Å². The van der Waals surface area contributed by atoms with Gasteiger partial charge in [0, 0.05) is 98.3 Å². The predicted octanol–water partition coefficient (Wildman–Crippen LogP) is 29.3. The molecule has 0 aliphatic heterocycles. The van der Waals surface area contributed by atoms with E-state index in [1.165, 1.54) is 32.5 Å². The maximum atomic E-state index is 13.5. The van der Waals surface area contributed by atoms with Gasteiger partial charge in [-0.2, -0.15) is 0 Å². The summed E-state index contributed by atoms with van der Waals surface area (Å²) in [5.74, 6) is -4.93. The van der Waals surface area contributed by atoms with Crippen LogP contribution in [0.25, 0.3) is 11.0 Å². The van der Waals surface area contributed by atoms with Crippen LogP contribution in [0, 0.1) is 27.7 Å². The number of para-hydroxylation sites is 1. The second kappa shape index (κ2) is 65.2. The van der Waals surface area contributed by atoms with Gasteiger partial charge in [-0.1, -0.05) is 227 Å². The molecule has 34 heteroatoms. The molecule has 1 aromatic heterocycles. The van der Waals surface area contributed by atoms with Gasteiger partial charge in [0.2, 0.25) is 34.7 Å². The molecule has 14 aromatic rings. The van der Waals surface area contributed by atoms with Gasteiger partial charge in [0.05, 0.1) is 41.8 Å². The number of carbonyl (C=O) groups is 11. The fraction of sp³-hybridized carbons (Fsp3) is 0.158. The number of ketones is 6. The number of hydrogen-bond donors (Lipinski definition) is 0. The van der Waals surface area contributed by atoms with E-state index in [1.54, 1.807) is 248 Å². The summed E-state index contributed by atoms with van der Waals surface area (Å²) in [4.78, 5) is 169. The van der Waals surface area contributed by atoms with E-state index in [-0.39, 0.29) is 57.2 Å². The molecule has 0 bridgehead atoms. The molecule has 0 N–H and O–H groups in total. The molecule has 0 aliphatic rings. The summed E-state index contributed by atoms with van der Waals surface area (Å²) < 4.78 is 52.0. The van der Waals surface area contributed by atoms with Gasteiger partial charge < -0.3 is 33.3 Å². The lowest BCUT2D eigenvalue weighted by Crippen LogP contribution is -2.23. The lowest BCUT2D eigenvalue weighted by molar-refractivity contribution is -0.111. The number of carbonyl (C=O) groups excluding carboxylic acids is 11. The third-order valence-electron chi connectivity index (χ3n) is 20.6. The number of oxime groups is 5. The molecular formula is C114H103ClF5N5O18S5. The average molecular weight is 2120 g/mol. The summed E-state index contributed by atoms with van der Waals surface area (Å²) in [6.45, 7) is 14.1. The zero-order valence-electron chi connectivity index (χ0n) is 82.4. The van der Waals surface area contributed by atoms with Crippen LogP contribution in [0.5, 0.6) is 5.75 Å². The number of unbranched alkanes of at least 4 members (excludes halogenated alkanes) is 3. The van der Waals surface area contributed by atoms with Crippen LogP contribution in [-0.2, 0) is 29.0 Å². The molecule has 148 heavy (non-hydrogen) atoms. The third-order valence-corrected chi connectivity index (χ3v) is 25.3. The Hall–Kier alpha value is -15.4. The van der Waals surface area contributed by atoms with Gasteiger partial charge in [-0.25, -0.2) is 24.0 Å². The number of methoxy groups -OCH3 is 1. The van der Waals surface area contributed by atoms with Gasteiger partial charge in [-0.15, -0.1) is 46.9 Å². The first kappa shape index (κ1) is 120. The Balaban J connectivity index is 0.000000248. The number of hydrogen-bond acceptors (Lipinski definition) is 28. The topological polar surface area (TPSA) is 318 Å². The minimum atomic E-state index is -0.757. The molecule has 764 valence electrons. The maximum Gasteiger partial charge on any atom is 0.400 e. The molecule has 0 amide bonds. The number of nitrogens with zero attached hydrogens (tertiary/aromatic N) is 5. The van der Waals surface area contributed by atoms with Gasteiger partial charge in [0.1, 0.15) is 28.5 Å². The van der Waals surface area contributed by atoms with E-state index in [1.807, 2.05) is 174 Å². The number of ether oxygens (including phenoxy) is 1. The third kappa shape index (κ3) is 38.2. The molecular weight excluding hydrogens is 2020 g/mol.